The Kier molecular flexibility index (Phi) is 5.75. The third kappa shape index (κ3) is 4.87. The van der Waals surface area contributed by atoms with Crippen molar-refractivity contribution in [2.45, 2.75) is 6.54 Å². The number of carbonyl (C=O) groups is 2. The van der Waals surface area contributed by atoms with Gasteiger partial charge in [0.15, 0.2) is 13.2 Å². The van der Waals surface area contributed by atoms with Crippen LogP contribution in [-0.4, -0.2) is 38.7 Å². The number of tetrazole rings is 1. The summed E-state index contributed by atoms with van der Waals surface area (Å²) in [4.78, 5) is 25.7. The highest BCUT2D eigenvalue weighted by atomic mass is 35.5. The van der Waals surface area contributed by atoms with Crippen LogP contribution < -0.4 is 5.32 Å². The van der Waals surface area contributed by atoms with Gasteiger partial charge in [0.05, 0.1) is 16.1 Å². The van der Waals surface area contributed by atoms with Gasteiger partial charge in [-0.15, -0.1) is 21.5 Å². The second-order valence-corrected chi connectivity index (χ2v) is 6.52. The van der Waals surface area contributed by atoms with Crippen LogP contribution >= 0.6 is 22.9 Å². The van der Waals surface area contributed by atoms with E-state index >= 15 is 0 Å². The summed E-state index contributed by atoms with van der Waals surface area (Å²) in [6.45, 7) is -0.811. The average Bonchev–Trinajstić information content (AvgIpc) is 3.32. The highest BCUT2D eigenvalue weighted by Crippen LogP contribution is 2.20. The predicted molar refractivity (Wildman–Crippen MR) is 96.9 cm³/mol. The highest BCUT2D eigenvalue weighted by Gasteiger charge is 2.13. The van der Waals surface area contributed by atoms with E-state index < -0.39 is 18.5 Å². The molecular weight excluding hydrogens is 392 g/mol. The Hall–Kier alpha value is -3.29. The van der Waals surface area contributed by atoms with Crippen molar-refractivity contribution in [1.29, 1.82) is 5.26 Å². The average molecular weight is 403 g/mol. The molecule has 0 bridgehead atoms. The number of nitrogens with zero attached hydrogens (tertiary/aromatic N) is 5. The summed E-state index contributed by atoms with van der Waals surface area (Å²) in [5, 5.41) is 25.4. The minimum atomic E-state index is -0.702. The smallest absolute Gasteiger partial charge is 0.330 e. The van der Waals surface area contributed by atoms with Gasteiger partial charge in [-0.05, 0) is 34.9 Å². The molecule has 1 N–H and O–H groups in total. The molecule has 0 fully saturated rings. The summed E-state index contributed by atoms with van der Waals surface area (Å²) in [5.41, 5.74) is 0.483. The summed E-state index contributed by atoms with van der Waals surface area (Å²) in [7, 11) is 0. The molecule has 0 saturated heterocycles. The van der Waals surface area contributed by atoms with Crippen molar-refractivity contribution in [3.8, 4) is 16.8 Å². The Bertz CT molecular complexity index is 1010. The Balaban J connectivity index is 1.51. The second-order valence-electron chi connectivity index (χ2n) is 5.13. The summed E-state index contributed by atoms with van der Waals surface area (Å²) < 4.78 is 4.89. The van der Waals surface area contributed by atoms with E-state index in [9.17, 15) is 9.59 Å². The maximum Gasteiger partial charge on any atom is 0.330 e. The molecule has 1 aromatic carbocycles. The number of anilines is 1. The number of hydrogen-bond donors (Lipinski definition) is 1. The monoisotopic (exact) mass is 402 g/mol. The number of nitrogens with one attached hydrogen (secondary N) is 1. The molecule has 0 saturated carbocycles. The lowest BCUT2D eigenvalue weighted by Gasteiger charge is -2.08. The molecule has 0 radical (unpaired) electrons. The lowest BCUT2D eigenvalue weighted by Crippen LogP contribution is -2.24. The van der Waals surface area contributed by atoms with Gasteiger partial charge in [0.25, 0.3) is 5.91 Å². The van der Waals surface area contributed by atoms with Gasteiger partial charge in [-0.3, -0.25) is 4.79 Å². The normalized spacial score (nSPS) is 10.2. The molecule has 0 unspecified atom stereocenters. The Labute approximate surface area is 162 Å². The van der Waals surface area contributed by atoms with Crippen LogP contribution in [0.4, 0.5) is 5.69 Å². The Morgan fingerprint density at radius 1 is 1.37 bits per heavy atom. The predicted octanol–water partition coefficient (Wildman–Crippen LogP) is 2.11. The summed E-state index contributed by atoms with van der Waals surface area (Å²) >= 11 is 7.29. The van der Waals surface area contributed by atoms with Gasteiger partial charge in [0.1, 0.15) is 6.07 Å². The van der Waals surface area contributed by atoms with Crippen molar-refractivity contribution in [1.82, 2.24) is 20.2 Å². The van der Waals surface area contributed by atoms with Crippen molar-refractivity contribution >= 4 is 40.5 Å². The molecule has 2 aromatic heterocycles. The molecule has 0 aliphatic rings. The number of thiophene rings is 1. The standard InChI is InChI=1S/C16H11ClN6O3S/c17-11-4-3-10(7-18)12(6-11)19-14(24)9-26-15(25)8-23-21-16(20-22-23)13-2-1-5-27-13/h1-6H,8-9H2,(H,19,24). The summed E-state index contributed by atoms with van der Waals surface area (Å²) in [6, 6.07) is 10.1. The lowest BCUT2D eigenvalue weighted by molar-refractivity contribution is -0.148. The van der Waals surface area contributed by atoms with Crippen LogP contribution in [-0.2, 0) is 20.9 Å². The molecule has 0 aliphatic heterocycles. The number of benzene rings is 1. The first kappa shape index (κ1) is 18.5. The minimum absolute atomic E-state index is 0.240. The first-order chi connectivity index (χ1) is 13.0. The van der Waals surface area contributed by atoms with Crippen molar-refractivity contribution in [2.24, 2.45) is 0 Å². The van der Waals surface area contributed by atoms with Gasteiger partial charge >= 0.3 is 5.97 Å². The van der Waals surface area contributed by atoms with Crippen molar-refractivity contribution < 1.29 is 14.3 Å². The number of nitriles is 1. The fraction of sp³-hybridized carbons (Fsp3) is 0.125. The van der Waals surface area contributed by atoms with Gasteiger partial charge in [0.2, 0.25) is 5.82 Å². The molecule has 136 valence electrons. The fourth-order valence-corrected chi connectivity index (χ4v) is 2.85. The van der Waals surface area contributed by atoms with Gasteiger partial charge in [-0.25, -0.2) is 4.79 Å². The number of rotatable bonds is 6. The van der Waals surface area contributed by atoms with Crippen molar-refractivity contribution in [3.63, 3.8) is 0 Å². The van der Waals surface area contributed by atoms with Gasteiger partial charge < -0.3 is 10.1 Å². The zero-order chi connectivity index (χ0) is 19.2. The second kappa shape index (κ2) is 8.39. The number of esters is 1. The van der Waals surface area contributed by atoms with Crippen LogP contribution in [0.5, 0.6) is 0 Å². The minimum Gasteiger partial charge on any atom is -0.454 e. The van der Waals surface area contributed by atoms with E-state index in [0.29, 0.717) is 10.8 Å². The summed E-state index contributed by atoms with van der Waals surface area (Å²) in [6.07, 6.45) is 0. The van der Waals surface area contributed by atoms with E-state index in [1.165, 1.54) is 29.5 Å². The van der Waals surface area contributed by atoms with Crippen LogP contribution in [0, 0.1) is 11.3 Å². The largest absolute Gasteiger partial charge is 0.454 e. The van der Waals surface area contributed by atoms with Crippen LogP contribution in [0.1, 0.15) is 5.56 Å². The van der Waals surface area contributed by atoms with Crippen LogP contribution in [0.25, 0.3) is 10.7 Å². The van der Waals surface area contributed by atoms with Crippen LogP contribution in [0.2, 0.25) is 5.02 Å². The third-order valence-electron chi connectivity index (χ3n) is 3.21. The fourth-order valence-electron chi connectivity index (χ4n) is 2.03. The maximum atomic E-state index is 11.9. The summed E-state index contributed by atoms with van der Waals surface area (Å²) in [5.74, 6) is -0.902. The Morgan fingerprint density at radius 3 is 2.96 bits per heavy atom. The topological polar surface area (TPSA) is 123 Å². The maximum absolute atomic E-state index is 11.9. The number of hydrogen-bond acceptors (Lipinski definition) is 8. The molecule has 0 spiro atoms. The Morgan fingerprint density at radius 2 is 2.22 bits per heavy atom. The first-order valence-corrected chi connectivity index (χ1v) is 8.78. The van der Waals surface area contributed by atoms with Gasteiger partial charge in [-0.1, -0.05) is 17.7 Å². The zero-order valence-electron chi connectivity index (χ0n) is 13.6. The van der Waals surface area contributed by atoms with E-state index in [1.54, 1.807) is 0 Å². The molecule has 0 atom stereocenters. The molecule has 2 heterocycles. The number of amides is 1. The quantitative estimate of drug-likeness (QED) is 0.626. The molecule has 1 amide bonds. The molecular formula is C16H11ClN6O3S. The molecule has 9 nitrogen and oxygen atoms in total. The molecule has 27 heavy (non-hydrogen) atoms. The first-order valence-electron chi connectivity index (χ1n) is 7.52. The van der Waals surface area contributed by atoms with E-state index in [4.69, 9.17) is 21.6 Å². The van der Waals surface area contributed by atoms with E-state index in [1.807, 2.05) is 23.6 Å². The van der Waals surface area contributed by atoms with E-state index in [0.717, 1.165) is 9.67 Å². The molecule has 3 rings (SSSR count). The van der Waals surface area contributed by atoms with Crippen molar-refractivity contribution in [2.75, 3.05) is 11.9 Å². The van der Waals surface area contributed by atoms with Gasteiger partial charge in [-0.2, -0.15) is 10.1 Å². The number of halogens is 1. The van der Waals surface area contributed by atoms with Crippen molar-refractivity contribution in [3.05, 3.63) is 46.3 Å². The van der Waals surface area contributed by atoms with Gasteiger partial charge in [0, 0.05) is 5.02 Å². The number of ether oxygens (including phenoxy) is 1. The zero-order valence-corrected chi connectivity index (χ0v) is 15.2. The molecule has 0 aliphatic carbocycles. The molecule has 11 heteroatoms. The van der Waals surface area contributed by atoms with E-state index in [2.05, 4.69) is 20.7 Å². The number of aromatic nitrogens is 4. The van der Waals surface area contributed by atoms with Crippen LogP contribution in [0.3, 0.4) is 0 Å². The lowest BCUT2D eigenvalue weighted by atomic mass is 10.2. The third-order valence-corrected chi connectivity index (χ3v) is 4.31. The van der Waals surface area contributed by atoms with Crippen LogP contribution in [0.15, 0.2) is 35.7 Å². The number of carbonyl (C=O) groups excluding carboxylic acids is 2. The highest BCUT2D eigenvalue weighted by molar-refractivity contribution is 7.13. The SMILES string of the molecule is N#Cc1ccc(Cl)cc1NC(=O)COC(=O)Cn1nnc(-c2cccs2)n1. The molecule has 3 aromatic rings. The van der Waals surface area contributed by atoms with E-state index in [-0.39, 0.29) is 17.8 Å².